The minimum Gasteiger partial charge on any atom is -0.355 e. The van der Waals surface area contributed by atoms with Crippen molar-refractivity contribution in [1.29, 1.82) is 0 Å². The van der Waals surface area contributed by atoms with Crippen molar-refractivity contribution in [3.8, 4) is 0 Å². The molecule has 10 heteroatoms. The van der Waals surface area contributed by atoms with Crippen LogP contribution in [0.2, 0.25) is 10.0 Å². The summed E-state index contributed by atoms with van der Waals surface area (Å²) in [7, 11) is -3.92. The van der Waals surface area contributed by atoms with Crippen molar-refractivity contribution in [2.45, 2.75) is 24.8 Å². The number of halogens is 2. The maximum atomic E-state index is 12.7. The van der Waals surface area contributed by atoms with Crippen molar-refractivity contribution in [1.82, 2.24) is 19.2 Å². The molecular formula is C16H20Cl2N4O3S. The van der Waals surface area contributed by atoms with Crippen LogP contribution in [0, 0.1) is 0 Å². The van der Waals surface area contributed by atoms with Crippen LogP contribution in [0.1, 0.15) is 13.3 Å². The number of aryl methyl sites for hydroxylation is 1. The molecule has 0 saturated heterocycles. The molecule has 2 rings (SSSR count). The first-order valence-electron chi connectivity index (χ1n) is 8.02. The van der Waals surface area contributed by atoms with Gasteiger partial charge in [0.25, 0.3) is 0 Å². The number of nitrogens with zero attached hydrogens (tertiary/aromatic N) is 3. The van der Waals surface area contributed by atoms with E-state index < -0.39 is 10.0 Å². The summed E-state index contributed by atoms with van der Waals surface area (Å²) in [5.41, 5.74) is 0. The molecule has 142 valence electrons. The summed E-state index contributed by atoms with van der Waals surface area (Å²) in [5, 5.41) is 3.04. The van der Waals surface area contributed by atoms with E-state index in [0.717, 1.165) is 4.31 Å². The van der Waals surface area contributed by atoms with E-state index in [1.807, 2.05) is 10.8 Å². The van der Waals surface area contributed by atoms with Gasteiger partial charge in [0.05, 0.1) is 17.9 Å². The highest BCUT2D eigenvalue weighted by Gasteiger charge is 2.27. The van der Waals surface area contributed by atoms with Crippen LogP contribution in [0.25, 0.3) is 0 Å². The molecule has 1 N–H and O–H groups in total. The molecule has 1 aromatic carbocycles. The number of carbonyl (C=O) groups excluding carboxylic acids is 1. The van der Waals surface area contributed by atoms with E-state index in [0.29, 0.717) is 19.5 Å². The Morgan fingerprint density at radius 1 is 1.35 bits per heavy atom. The summed E-state index contributed by atoms with van der Waals surface area (Å²) < 4.78 is 28.5. The number of benzene rings is 1. The Morgan fingerprint density at radius 3 is 2.77 bits per heavy atom. The monoisotopic (exact) mass is 418 g/mol. The van der Waals surface area contributed by atoms with Gasteiger partial charge in [0, 0.05) is 37.1 Å². The van der Waals surface area contributed by atoms with E-state index in [2.05, 4.69) is 10.3 Å². The second-order valence-corrected chi connectivity index (χ2v) is 8.26. The maximum absolute atomic E-state index is 12.7. The predicted octanol–water partition coefficient (Wildman–Crippen LogP) is 2.41. The van der Waals surface area contributed by atoms with Gasteiger partial charge < -0.3 is 9.88 Å². The lowest BCUT2D eigenvalue weighted by Crippen LogP contribution is -2.41. The Bertz CT molecular complexity index is 841. The van der Waals surface area contributed by atoms with Gasteiger partial charge in [0.15, 0.2) is 0 Å². The first-order valence-corrected chi connectivity index (χ1v) is 10.2. The smallest absolute Gasteiger partial charge is 0.245 e. The molecule has 0 radical (unpaired) electrons. The molecule has 1 heterocycles. The molecule has 0 unspecified atom stereocenters. The lowest BCUT2D eigenvalue weighted by molar-refractivity contribution is -0.121. The minimum atomic E-state index is -3.92. The van der Waals surface area contributed by atoms with Crippen molar-refractivity contribution in [2.24, 2.45) is 0 Å². The van der Waals surface area contributed by atoms with Gasteiger partial charge in [-0.15, -0.1) is 0 Å². The molecule has 7 nitrogen and oxygen atoms in total. The number of aromatic nitrogens is 2. The second kappa shape index (κ2) is 9.36. The Labute approximate surface area is 163 Å². The molecule has 1 amide bonds. The van der Waals surface area contributed by atoms with Crippen molar-refractivity contribution in [2.75, 3.05) is 19.6 Å². The van der Waals surface area contributed by atoms with E-state index in [9.17, 15) is 13.2 Å². The largest absolute Gasteiger partial charge is 0.355 e. The fourth-order valence-electron chi connectivity index (χ4n) is 2.31. The van der Waals surface area contributed by atoms with Crippen LogP contribution in [-0.2, 0) is 21.4 Å². The number of rotatable bonds is 9. The third kappa shape index (κ3) is 5.44. The van der Waals surface area contributed by atoms with Gasteiger partial charge in [0.2, 0.25) is 15.9 Å². The standard InChI is InChI=1S/C16H20Cl2N4O3S/c1-2-22(26(24,25)15-10-13(17)4-5-14(15)18)11-16(23)20-6-3-8-21-9-7-19-12-21/h4-5,7,9-10,12H,2-3,6,8,11H2,1H3,(H,20,23). The summed E-state index contributed by atoms with van der Waals surface area (Å²) in [5.74, 6) is -0.376. The average Bonchev–Trinajstić information content (AvgIpc) is 3.12. The number of amides is 1. The summed E-state index contributed by atoms with van der Waals surface area (Å²) in [4.78, 5) is 15.9. The fourth-order valence-corrected chi connectivity index (χ4v) is 4.45. The third-order valence-corrected chi connectivity index (χ3v) is 6.30. The maximum Gasteiger partial charge on any atom is 0.245 e. The van der Waals surface area contributed by atoms with Crippen LogP contribution in [0.4, 0.5) is 0 Å². The van der Waals surface area contributed by atoms with Crippen LogP contribution in [0.15, 0.2) is 41.8 Å². The number of nitrogens with one attached hydrogen (secondary N) is 1. The first kappa shape index (κ1) is 20.7. The van der Waals surface area contributed by atoms with E-state index in [1.165, 1.54) is 18.2 Å². The summed E-state index contributed by atoms with van der Waals surface area (Å²) >= 11 is 11.9. The number of hydrogen-bond donors (Lipinski definition) is 1. The second-order valence-electron chi connectivity index (χ2n) is 5.51. The zero-order valence-corrected chi connectivity index (χ0v) is 16.6. The van der Waals surface area contributed by atoms with Crippen molar-refractivity contribution in [3.63, 3.8) is 0 Å². The molecule has 0 aliphatic heterocycles. The number of imidazole rings is 1. The Morgan fingerprint density at radius 2 is 2.12 bits per heavy atom. The first-order chi connectivity index (χ1) is 12.3. The summed E-state index contributed by atoms with van der Waals surface area (Å²) in [6, 6.07) is 4.21. The van der Waals surface area contributed by atoms with Crippen LogP contribution in [-0.4, -0.2) is 47.8 Å². The normalized spacial score (nSPS) is 11.7. The molecule has 0 spiro atoms. The van der Waals surface area contributed by atoms with E-state index in [-0.39, 0.29) is 33.9 Å². The quantitative estimate of drug-likeness (QED) is 0.633. The topological polar surface area (TPSA) is 84.3 Å². The molecule has 0 atom stereocenters. The van der Waals surface area contributed by atoms with Gasteiger partial charge in [-0.2, -0.15) is 4.31 Å². The summed E-state index contributed by atoms with van der Waals surface area (Å²) in [6.07, 6.45) is 5.93. The van der Waals surface area contributed by atoms with Gasteiger partial charge in [-0.1, -0.05) is 30.1 Å². The van der Waals surface area contributed by atoms with Crippen molar-refractivity contribution in [3.05, 3.63) is 47.0 Å². The molecule has 0 aliphatic rings. The highest BCUT2D eigenvalue weighted by molar-refractivity contribution is 7.89. The fraction of sp³-hybridized carbons (Fsp3) is 0.375. The highest BCUT2D eigenvalue weighted by Crippen LogP contribution is 2.27. The molecular weight excluding hydrogens is 399 g/mol. The molecule has 2 aromatic rings. The molecule has 0 bridgehead atoms. The van der Waals surface area contributed by atoms with Crippen molar-refractivity contribution < 1.29 is 13.2 Å². The molecule has 0 fully saturated rings. The Hall–Kier alpha value is -1.61. The van der Waals surface area contributed by atoms with E-state index in [4.69, 9.17) is 23.2 Å². The SMILES string of the molecule is CCN(CC(=O)NCCCn1ccnc1)S(=O)(=O)c1cc(Cl)ccc1Cl. The number of carbonyl (C=O) groups is 1. The van der Waals surface area contributed by atoms with Gasteiger partial charge in [0.1, 0.15) is 4.90 Å². The van der Waals surface area contributed by atoms with Crippen LogP contribution < -0.4 is 5.32 Å². The zero-order chi connectivity index (χ0) is 19.2. The van der Waals surface area contributed by atoms with E-state index >= 15 is 0 Å². The lowest BCUT2D eigenvalue weighted by Gasteiger charge is -2.20. The number of likely N-dealkylation sites (N-methyl/N-ethyl adjacent to an activating group) is 1. The zero-order valence-electron chi connectivity index (χ0n) is 14.2. The summed E-state index contributed by atoms with van der Waals surface area (Å²) in [6.45, 7) is 2.66. The van der Waals surface area contributed by atoms with Crippen LogP contribution in [0.3, 0.4) is 0 Å². The Balaban J connectivity index is 1.94. The molecule has 0 aliphatic carbocycles. The van der Waals surface area contributed by atoms with E-state index in [1.54, 1.807) is 19.4 Å². The van der Waals surface area contributed by atoms with Crippen molar-refractivity contribution >= 4 is 39.1 Å². The number of hydrogen-bond acceptors (Lipinski definition) is 4. The number of sulfonamides is 1. The van der Waals surface area contributed by atoms with Crippen LogP contribution >= 0.6 is 23.2 Å². The average molecular weight is 419 g/mol. The predicted molar refractivity (Wildman–Crippen MR) is 101 cm³/mol. The van der Waals surface area contributed by atoms with Gasteiger partial charge >= 0.3 is 0 Å². The molecule has 0 saturated carbocycles. The van der Waals surface area contributed by atoms with Gasteiger partial charge in [-0.3, -0.25) is 4.79 Å². The lowest BCUT2D eigenvalue weighted by atomic mass is 10.4. The van der Waals surface area contributed by atoms with Gasteiger partial charge in [-0.25, -0.2) is 13.4 Å². The third-order valence-electron chi connectivity index (χ3n) is 3.66. The van der Waals surface area contributed by atoms with Crippen LogP contribution in [0.5, 0.6) is 0 Å². The molecule has 1 aromatic heterocycles. The Kier molecular flexibility index (Phi) is 7.45. The van der Waals surface area contributed by atoms with Gasteiger partial charge in [-0.05, 0) is 24.6 Å². The minimum absolute atomic E-state index is 0.0635. The molecule has 26 heavy (non-hydrogen) atoms. The highest BCUT2D eigenvalue weighted by atomic mass is 35.5.